The van der Waals surface area contributed by atoms with Crippen LogP contribution in [0.5, 0.6) is 0 Å². The van der Waals surface area contributed by atoms with Gasteiger partial charge in [0.15, 0.2) is 0 Å². The predicted octanol–water partition coefficient (Wildman–Crippen LogP) is 3.68. The number of benzene rings is 2. The first-order chi connectivity index (χ1) is 18.8. The third-order valence-corrected chi connectivity index (χ3v) is 7.87. The molecular formula is C29H37N3O5S2. The van der Waals surface area contributed by atoms with Crippen molar-refractivity contribution in [3.8, 4) is 0 Å². The molecule has 1 aliphatic heterocycles. The highest BCUT2D eigenvalue weighted by molar-refractivity contribution is 8.23. The zero-order valence-electron chi connectivity index (χ0n) is 22.8. The van der Waals surface area contributed by atoms with Crippen LogP contribution < -0.4 is 10.6 Å². The maximum Gasteiger partial charge on any atom is 0.259 e. The number of thioether (sulfide) groups is 1. The Morgan fingerprint density at radius 3 is 2.31 bits per heavy atom. The van der Waals surface area contributed by atoms with E-state index in [-0.39, 0.29) is 17.7 Å². The van der Waals surface area contributed by atoms with Gasteiger partial charge in [-0.25, -0.2) is 0 Å². The van der Waals surface area contributed by atoms with Gasteiger partial charge in [0, 0.05) is 43.0 Å². The number of hydrogen-bond acceptors (Lipinski definition) is 7. The van der Waals surface area contributed by atoms with E-state index < -0.39 is 6.04 Å². The molecular weight excluding hydrogens is 534 g/mol. The molecule has 210 valence electrons. The monoisotopic (exact) mass is 571 g/mol. The standard InChI is InChI=1S/C29H37N3O5S2/c1-4-14-36-16-17-37-15-12-30-27(34)25(19-22-8-6-5-7-9-22)31-26(33)23-10-11-24(21(3)20(23)2)28(35)32-13-18-39-29(32)38/h5-11,25H,4,12-19H2,1-3H3,(H,30,34)(H,31,33). The quantitative estimate of drug-likeness (QED) is 0.264. The average Bonchev–Trinajstić information content (AvgIpc) is 3.37. The van der Waals surface area contributed by atoms with Crippen LogP contribution in [0, 0.1) is 13.8 Å². The highest BCUT2D eigenvalue weighted by Crippen LogP contribution is 2.24. The Morgan fingerprint density at radius 1 is 0.974 bits per heavy atom. The number of carbonyl (C=O) groups is 3. The summed E-state index contributed by atoms with van der Waals surface area (Å²) >= 11 is 6.79. The van der Waals surface area contributed by atoms with Crippen molar-refractivity contribution in [2.75, 3.05) is 45.3 Å². The van der Waals surface area contributed by atoms with E-state index in [0.717, 1.165) is 23.3 Å². The molecule has 1 unspecified atom stereocenters. The summed E-state index contributed by atoms with van der Waals surface area (Å²) in [7, 11) is 0. The van der Waals surface area contributed by atoms with Crippen molar-refractivity contribution in [3.05, 3.63) is 70.3 Å². The lowest BCUT2D eigenvalue weighted by molar-refractivity contribution is -0.123. The van der Waals surface area contributed by atoms with Gasteiger partial charge in [0.1, 0.15) is 10.4 Å². The molecule has 1 atom stereocenters. The van der Waals surface area contributed by atoms with Gasteiger partial charge in [-0.15, -0.1) is 0 Å². The molecule has 1 heterocycles. The van der Waals surface area contributed by atoms with E-state index in [9.17, 15) is 14.4 Å². The molecule has 1 fully saturated rings. The van der Waals surface area contributed by atoms with E-state index in [2.05, 4.69) is 10.6 Å². The molecule has 3 rings (SSSR count). The van der Waals surface area contributed by atoms with Crippen LogP contribution in [0.15, 0.2) is 42.5 Å². The van der Waals surface area contributed by atoms with Crippen molar-refractivity contribution in [2.45, 2.75) is 39.7 Å². The van der Waals surface area contributed by atoms with Crippen LogP contribution in [-0.2, 0) is 20.7 Å². The molecule has 0 bridgehead atoms. The summed E-state index contributed by atoms with van der Waals surface area (Å²) in [5.41, 5.74) is 3.27. The van der Waals surface area contributed by atoms with Crippen molar-refractivity contribution in [1.29, 1.82) is 0 Å². The maximum atomic E-state index is 13.4. The summed E-state index contributed by atoms with van der Waals surface area (Å²) in [6.07, 6.45) is 1.29. The third-order valence-electron chi connectivity index (χ3n) is 6.44. The van der Waals surface area contributed by atoms with E-state index in [1.165, 1.54) is 11.8 Å². The van der Waals surface area contributed by atoms with Gasteiger partial charge in [0.05, 0.1) is 19.8 Å². The van der Waals surface area contributed by atoms with E-state index in [1.807, 2.05) is 51.1 Å². The average molecular weight is 572 g/mol. The second-order valence-electron chi connectivity index (χ2n) is 9.21. The Bertz CT molecular complexity index is 1160. The fourth-order valence-corrected chi connectivity index (χ4v) is 5.36. The SMILES string of the molecule is CCCOCCOCCNC(=O)C(Cc1ccccc1)NC(=O)c1ccc(C(=O)N2CCSC2=S)c(C)c1C. The lowest BCUT2D eigenvalue weighted by Gasteiger charge is -2.21. The summed E-state index contributed by atoms with van der Waals surface area (Å²) in [4.78, 5) is 41.1. The molecule has 0 saturated carbocycles. The second-order valence-corrected chi connectivity index (χ2v) is 10.9. The number of thiocarbonyl (C=S) groups is 1. The molecule has 1 saturated heterocycles. The molecule has 2 aromatic rings. The first-order valence-electron chi connectivity index (χ1n) is 13.2. The van der Waals surface area contributed by atoms with Gasteiger partial charge in [0.2, 0.25) is 5.91 Å². The van der Waals surface area contributed by atoms with E-state index in [0.29, 0.717) is 66.9 Å². The summed E-state index contributed by atoms with van der Waals surface area (Å²) in [5.74, 6) is -0.0347. The van der Waals surface area contributed by atoms with E-state index >= 15 is 0 Å². The van der Waals surface area contributed by atoms with E-state index in [4.69, 9.17) is 21.7 Å². The van der Waals surface area contributed by atoms with Crippen LogP contribution in [0.3, 0.4) is 0 Å². The lowest BCUT2D eigenvalue weighted by Crippen LogP contribution is -2.48. The van der Waals surface area contributed by atoms with Gasteiger partial charge in [-0.3, -0.25) is 19.3 Å². The van der Waals surface area contributed by atoms with Crippen molar-refractivity contribution < 1.29 is 23.9 Å². The van der Waals surface area contributed by atoms with Crippen LogP contribution in [0.2, 0.25) is 0 Å². The molecule has 0 spiro atoms. The molecule has 3 amide bonds. The molecule has 10 heteroatoms. The molecule has 1 aliphatic rings. The summed E-state index contributed by atoms with van der Waals surface area (Å²) in [6.45, 7) is 8.60. The summed E-state index contributed by atoms with van der Waals surface area (Å²) in [6, 6.07) is 12.1. The zero-order chi connectivity index (χ0) is 28.2. The second kappa shape index (κ2) is 15.7. The molecule has 0 aromatic heterocycles. The van der Waals surface area contributed by atoms with Crippen molar-refractivity contribution in [3.63, 3.8) is 0 Å². The molecule has 0 radical (unpaired) electrons. The third kappa shape index (κ3) is 8.86. The molecule has 39 heavy (non-hydrogen) atoms. The Kier molecular flexibility index (Phi) is 12.4. The Morgan fingerprint density at radius 2 is 1.64 bits per heavy atom. The molecule has 2 N–H and O–H groups in total. The van der Waals surface area contributed by atoms with Crippen molar-refractivity contribution >= 4 is 46.0 Å². The first-order valence-corrected chi connectivity index (χ1v) is 14.6. The van der Waals surface area contributed by atoms with Gasteiger partial charge < -0.3 is 20.1 Å². The smallest absolute Gasteiger partial charge is 0.259 e. The number of ether oxygens (including phenoxy) is 2. The number of nitrogens with one attached hydrogen (secondary N) is 2. The topological polar surface area (TPSA) is 97.0 Å². The minimum atomic E-state index is -0.784. The fraction of sp³-hybridized carbons (Fsp3) is 0.448. The molecule has 0 aliphatic carbocycles. The first kappa shape index (κ1) is 30.7. The van der Waals surface area contributed by atoms with Crippen LogP contribution in [-0.4, -0.2) is 78.3 Å². The molecule has 2 aromatic carbocycles. The maximum absolute atomic E-state index is 13.4. The predicted molar refractivity (Wildman–Crippen MR) is 158 cm³/mol. The van der Waals surface area contributed by atoms with Crippen LogP contribution >= 0.6 is 24.0 Å². The lowest BCUT2D eigenvalue weighted by atomic mass is 9.96. The Labute approximate surface area is 240 Å². The fourth-order valence-electron chi connectivity index (χ4n) is 4.15. The highest BCUT2D eigenvalue weighted by atomic mass is 32.2. The van der Waals surface area contributed by atoms with Gasteiger partial charge in [-0.1, -0.05) is 61.2 Å². The van der Waals surface area contributed by atoms with Gasteiger partial charge in [-0.2, -0.15) is 0 Å². The van der Waals surface area contributed by atoms with Crippen molar-refractivity contribution in [2.24, 2.45) is 0 Å². The minimum Gasteiger partial charge on any atom is -0.379 e. The van der Waals surface area contributed by atoms with Crippen LogP contribution in [0.1, 0.15) is 50.8 Å². The normalized spacial score (nSPS) is 13.8. The van der Waals surface area contributed by atoms with Gasteiger partial charge >= 0.3 is 0 Å². The number of amides is 3. The van der Waals surface area contributed by atoms with Crippen LogP contribution in [0.25, 0.3) is 0 Å². The van der Waals surface area contributed by atoms with Gasteiger partial charge in [-0.05, 0) is 49.1 Å². The van der Waals surface area contributed by atoms with E-state index in [1.54, 1.807) is 17.0 Å². The highest BCUT2D eigenvalue weighted by Gasteiger charge is 2.28. The number of carbonyl (C=O) groups excluding carboxylic acids is 3. The molecule has 8 nitrogen and oxygen atoms in total. The summed E-state index contributed by atoms with van der Waals surface area (Å²) in [5, 5.41) is 5.77. The number of rotatable bonds is 14. The number of hydrogen-bond donors (Lipinski definition) is 2. The summed E-state index contributed by atoms with van der Waals surface area (Å²) < 4.78 is 11.5. The number of nitrogens with zero attached hydrogens (tertiary/aromatic N) is 1. The Balaban J connectivity index is 1.66. The van der Waals surface area contributed by atoms with Crippen molar-refractivity contribution in [1.82, 2.24) is 15.5 Å². The largest absolute Gasteiger partial charge is 0.379 e. The van der Waals surface area contributed by atoms with Crippen LogP contribution in [0.4, 0.5) is 0 Å². The van der Waals surface area contributed by atoms with Gasteiger partial charge in [0.25, 0.3) is 11.8 Å². The zero-order valence-corrected chi connectivity index (χ0v) is 24.4. The Hall–Kier alpha value is -2.79. The minimum absolute atomic E-state index is 0.155.